The first-order chi connectivity index (χ1) is 9.85. The highest BCUT2D eigenvalue weighted by Gasteiger charge is 2.20. The predicted molar refractivity (Wildman–Crippen MR) is 93.6 cm³/mol. The van der Waals surface area contributed by atoms with Gasteiger partial charge in [0.25, 0.3) is 0 Å². The van der Waals surface area contributed by atoms with Gasteiger partial charge in [0.1, 0.15) is 5.15 Å². The maximum atomic E-state index is 5.99. The minimum absolute atomic E-state index is 0.0886. The van der Waals surface area contributed by atoms with E-state index in [1.165, 1.54) is 11.3 Å². The van der Waals surface area contributed by atoms with Gasteiger partial charge in [0, 0.05) is 25.4 Å². The Morgan fingerprint density at radius 1 is 0.818 bits per heavy atom. The maximum Gasteiger partial charge on any atom is 0.130 e. The van der Waals surface area contributed by atoms with Gasteiger partial charge >= 0.3 is 0 Å². The lowest BCUT2D eigenvalue weighted by molar-refractivity contribution is 0.583. The third-order valence-electron chi connectivity index (χ3n) is 3.72. The zero-order chi connectivity index (χ0) is 17.3. The van der Waals surface area contributed by atoms with Crippen LogP contribution in [0.1, 0.15) is 58.4 Å². The molecule has 2 heterocycles. The van der Waals surface area contributed by atoms with Crippen LogP contribution in [0.25, 0.3) is 0 Å². The van der Waals surface area contributed by atoms with Gasteiger partial charge in [0.05, 0.1) is 12.4 Å². The molecule has 22 heavy (non-hydrogen) atoms. The van der Waals surface area contributed by atoms with Gasteiger partial charge in [-0.25, -0.2) is 0 Å². The van der Waals surface area contributed by atoms with Crippen molar-refractivity contribution in [3.8, 4) is 0 Å². The lowest BCUT2D eigenvalue weighted by atomic mass is 9.88. The van der Waals surface area contributed by atoms with Gasteiger partial charge in [-0.3, -0.25) is 9.36 Å². The fourth-order valence-corrected chi connectivity index (χ4v) is 2.54. The van der Waals surface area contributed by atoms with E-state index >= 15 is 0 Å². The molecule has 0 spiro atoms. The third kappa shape index (κ3) is 4.35. The molecule has 0 radical (unpaired) electrons. The molecule has 0 unspecified atom stereocenters. The van der Waals surface area contributed by atoms with Crippen LogP contribution in [0.5, 0.6) is 0 Å². The van der Waals surface area contributed by atoms with E-state index in [-0.39, 0.29) is 10.8 Å². The minimum Gasteiger partial charge on any atom is -0.273 e. The monoisotopic (exact) mass is 324 g/mol. The van der Waals surface area contributed by atoms with Crippen molar-refractivity contribution in [3.63, 3.8) is 0 Å². The Labute approximate surface area is 139 Å². The lowest BCUT2D eigenvalue weighted by Gasteiger charge is -2.17. The van der Waals surface area contributed by atoms with Gasteiger partial charge in [0.15, 0.2) is 0 Å². The predicted octanol–water partition coefficient (Wildman–Crippen LogP) is 4.40. The van der Waals surface area contributed by atoms with E-state index < -0.39 is 0 Å². The second-order valence-corrected chi connectivity index (χ2v) is 8.10. The van der Waals surface area contributed by atoms with Crippen molar-refractivity contribution in [1.29, 1.82) is 0 Å². The average molecular weight is 325 g/mol. The summed E-state index contributed by atoms with van der Waals surface area (Å²) < 4.78 is 3.60. The Bertz CT molecular complexity index is 568. The molecule has 0 bridgehead atoms. The van der Waals surface area contributed by atoms with E-state index in [4.69, 9.17) is 11.6 Å². The molecule has 0 amide bonds. The molecule has 0 aromatic carbocycles. The summed E-state index contributed by atoms with van der Waals surface area (Å²) in [6.45, 7) is 15.1. The topological polar surface area (TPSA) is 35.6 Å². The standard InChI is InChI=1S/C9H16N2.C8H13ClN2/c1-7-8(9(2,3)4)6-10-11(7)5;1-8(2,3)6-5-10-11(4)7(6)9/h6H,1-5H3;5H,1-4H3. The zero-order valence-electron chi connectivity index (χ0n) is 15.3. The molecule has 0 saturated carbocycles. The van der Waals surface area contributed by atoms with Crippen LogP contribution < -0.4 is 0 Å². The van der Waals surface area contributed by atoms with E-state index in [1.54, 1.807) is 4.68 Å². The van der Waals surface area contributed by atoms with Gasteiger partial charge in [-0.2, -0.15) is 10.2 Å². The summed E-state index contributed by atoms with van der Waals surface area (Å²) in [6.07, 6.45) is 3.78. The van der Waals surface area contributed by atoms with Crippen LogP contribution in [0.4, 0.5) is 0 Å². The minimum atomic E-state index is 0.0886. The highest BCUT2D eigenvalue weighted by molar-refractivity contribution is 6.30. The van der Waals surface area contributed by atoms with Crippen LogP contribution in [0.15, 0.2) is 12.4 Å². The first kappa shape index (κ1) is 18.8. The summed E-state index contributed by atoms with van der Waals surface area (Å²) in [5.74, 6) is 0. The van der Waals surface area contributed by atoms with Crippen molar-refractivity contribution < 1.29 is 0 Å². The Kier molecular flexibility index (Phi) is 5.50. The SMILES string of the molecule is Cc1c(C(C)(C)C)cnn1C.Cn1ncc(C(C)(C)C)c1Cl. The number of hydrogen-bond acceptors (Lipinski definition) is 2. The number of aromatic nitrogens is 4. The van der Waals surface area contributed by atoms with Crippen LogP contribution in [-0.4, -0.2) is 19.6 Å². The van der Waals surface area contributed by atoms with E-state index in [0.717, 1.165) is 10.7 Å². The summed E-state index contributed by atoms with van der Waals surface area (Å²) in [7, 11) is 3.82. The average Bonchev–Trinajstić information content (AvgIpc) is 2.84. The molecular weight excluding hydrogens is 296 g/mol. The highest BCUT2D eigenvalue weighted by atomic mass is 35.5. The van der Waals surface area contributed by atoms with Gasteiger partial charge in [-0.05, 0) is 23.3 Å². The number of halogens is 1. The Hall–Kier alpha value is -1.29. The molecule has 2 rings (SSSR count). The van der Waals surface area contributed by atoms with Crippen molar-refractivity contribution >= 4 is 11.6 Å². The highest BCUT2D eigenvalue weighted by Crippen LogP contribution is 2.28. The Morgan fingerprint density at radius 3 is 1.41 bits per heavy atom. The van der Waals surface area contributed by atoms with Crippen LogP contribution in [0.3, 0.4) is 0 Å². The Balaban J connectivity index is 0.000000220. The number of hydrogen-bond donors (Lipinski definition) is 0. The molecule has 0 N–H and O–H groups in total. The summed E-state index contributed by atoms with van der Waals surface area (Å²) in [6, 6.07) is 0. The van der Waals surface area contributed by atoms with Gasteiger partial charge in [-0.15, -0.1) is 0 Å². The van der Waals surface area contributed by atoms with Crippen molar-refractivity contribution in [2.24, 2.45) is 14.1 Å². The van der Waals surface area contributed by atoms with Crippen molar-refractivity contribution in [1.82, 2.24) is 19.6 Å². The van der Waals surface area contributed by atoms with E-state index in [1.807, 2.05) is 31.2 Å². The summed E-state index contributed by atoms with van der Waals surface area (Å²) in [5, 5.41) is 9.00. The van der Waals surface area contributed by atoms with E-state index in [9.17, 15) is 0 Å². The van der Waals surface area contributed by atoms with E-state index in [2.05, 4.69) is 58.7 Å². The molecule has 0 saturated heterocycles. The molecule has 0 aliphatic rings. The fourth-order valence-electron chi connectivity index (χ4n) is 2.16. The lowest BCUT2D eigenvalue weighted by Crippen LogP contribution is -2.12. The number of rotatable bonds is 0. The molecule has 0 aliphatic heterocycles. The van der Waals surface area contributed by atoms with Crippen LogP contribution in [-0.2, 0) is 24.9 Å². The van der Waals surface area contributed by atoms with E-state index in [0.29, 0.717) is 0 Å². The molecule has 0 fully saturated rings. The molecular formula is C17H29ClN4. The van der Waals surface area contributed by atoms with Crippen LogP contribution in [0, 0.1) is 6.92 Å². The molecule has 5 heteroatoms. The third-order valence-corrected chi connectivity index (χ3v) is 4.17. The first-order valence-corrected chi connectivity index (χ1v) is 7.90. The molecule has 2 aromatic heterocycles. The smallest absolute Gasteiger partial charge is 0.130 e. The van der Waals surface area contributed by atoms with Crippen molar-refractivity contribution in [2.75, 3.05) is 0 Å². The van der Waals surface area contributed by atoms with Gasteiger partial charge < -0.3 is 0 Å². The molecule has 2 aromatic rings. The largest absolute Gasteiger partial charge is 0.273 e. The van der Waals surface area contributed by atoms with Crippen LogP contribution in [0.2, 0.25) is 5.15 Å². The number of nitrogens with zero attached hydrogens (tertiary/aromatic N) is 4. The second-order valence-electron chi connectivity index (χ2n) is 7.74. The quantitative estimate of drug-likeness (QED) is 0.720. The maximum absolute atomic E-state index is 5.99. The molecule has 0 aliphatic carbocycles. The molecule has 124 valence electrons. The summed E-state index contributed by atoms with van der Waals surface area (Å²) in [4.78, 5) is 0. The second kappa shape index (κ2) is 6.45. The summed E-state index contributed by atoms with van der Waals surface area (Å²) >= 11 is 5.99. The normalized spacial score (nSPS) is 12.1. The molecule has 4 nitrogen and oxygen atoms in total. The molecule has 0 atom stereocenters. The van der Waals surface area contributed by atoms with Crippen molar-refractivity contribution in [3.05, 3.63) is 34.4 Å². The van der Waals surface area contributed by atoms with Gasteiger partial charge in [0.2, 0.25) is 0 Å². The Morgan fingerprint density at radius 2 is 1.23 bits per heavy atom. The van der Waals surface area contributed by atoms with Crippen molar-refractivity contribution in [2.45, 2.75) is 59.3 Å². The van der Waals surface area contributed by atoms with Crippen LogP contribution >= 0.6 is 11.6 Å². The zero-order valence-corrected chi connectivity index (χ0v) is 16.1. The first-order valence-electron chi connectivity index (χ1n) is 7.52. The van der Waals surface area contributed by atoms with Gasteiger partial charge in [-0.1, -0.05) is 53.1 Å². The fraction of sp³-hybridized carbons (Fsp3) is 0.647. The summed E-state index contributed by atoms with van der Waals surface area (Å²) in [5.41, 5.74) is 4.00. The number of aryl methyl sites for hydroxylation is 2.